The Morgan fingerprint density at radius 1 is 1.23 bits per heavy atom. The molecule has 4 rings (SSSR count). The van der Waals surface area contributed by atoms with E-state index in [4.69, 9.17) is 21.3 Å². The molecule has 3 heterocycles. The van der Waals surface area contributed by atoms with Gasteiger partial charge in [-0.15, -0.1) is 0 Å². The highest BCUT2D eigenvalue weighted by Gasteiger charge is 2.24. The first kappa shape index (κ1) is 13.7. The maximum atomic E-state index is 6.30. The first-order chi connectivity index (χ1) is 10.8. The van der Waals surface area contributed by atoms with Crippen molar-refractivity contribution in [3.8, 4) is 0 Å². The van der Waals surface area contributed by atoms with Crippen molar-refractivity contribution in [2.45, 2.75) is 25.5 Å². The molecule has 3 aromatic rings. The smallest absolute Gasteiger partial charge is 0.162 e. The average molecular weight is 314 g/mol. The van der Waals surface area contributed by atoms with Crippen molar-refractivity contribution in [3.05, 3.63) is 59.0 Å². The molecule has 2 aromatic heterocycles. The van der Waals surface area contributed by atoms with Gasteiger partial charge in [-0.1, -0.05) is 29.8 Å². The summed E-state index contributed by atoms with van der Waals surface area (Å²) in [6.45, 7) is 0.794. The summed E-state index contributed by atoms with van der Waals surface area (Å²) in [6, 6.07) is 11.8. The SMILES string of the molecule is Clc1ccccc1Cc1nc2cccnc2n1C1CCCO1. The number of halogens is 1. The van der Waals surface area contributed by atoms with Gasteiger partial charge in [-0.3, -0.25) is 4.57 Å². The van der Waals surface area contributed by atoms with Crippen LogP contribution in [0.1, 0.15) is 30.5 Å². The zero-order valence-corrected chi connectivity index (χ0v) is 12.8. The Bertz CT molecular complexity index is 809. The minimum absolute atomic E-state index is 0.0254. The average Bonchev–Trinajstić information content (AvgIpc) is 3.16. The van der Waals surface area contributed by atoms with Crippen LogP contribution in [-0.4, -0.2) is 21.1 Å². The molecule has 1 atom stereocenters. The molecule has 0 amide bonds. The molecule has 1 aliphatic rings. The van der Waals surface area contributed by atoms with Crippen LogP contribution in [-0.2, 0) is 11.2 Å². The molecule has 1 unspecified atom stereocenters. The van der Waals surface area contributed by atoms with E-state index in [0.29, 0.717) is 6.42 Å². The van der Waals surface area contributed by atoms with Gasteiger partial charge >= 0.3 is 0 Å². The number of aromatic nitrogens is 3. The third kappa shape index (κ3) is 2.38. The predicted molar refractivity (Wildman–Crippen MR) is 86.0 cm³/mol. The van der Waals surface area contributed by atoms with Gasteiger partial charge < -0.3 is 4.74 Å². The molecule has 5 heteroatoms. The molecule has 22 heavy (non-hydrogen) atoms. The second kappa shape index (κ2) is 5.71. The maximum Gasteiger partial charge on any atom is 0.162 e. The Labute approximate surface area is 133 Å². The fraction of sp³-hybridized carbons (Fsp3) is 0.294. The number of nitrogens with zero attached hydrogens (tertiary/aromatic N) is 3. The topological polar surface area (TPSA) is 39.9 Å². The summed E-state index contributed by atoms with van der Waals surface area (Å²) in [5, 5.41) is 0.765. The van der Waals surface area contributed by atoms with Gasteiger partial charge in [0.05, 0.1) is 0 Å². The molecule has 0 spiro atoms. The van der Waals surface area contributed by atoms with E-state index in [1.54, 1.807) is 6.20 Å². The number of hydrogen-bond acceptors (Lipinski definition) is 3. The van der Waals surface area contributed by atoms with Crippen LogP contribution >= 0.6 is 11.6 Å². The fourth-order valence-electron chi connectivity index (χ4n) is 2.98. The lowest BCUT2D eigenvalue weighted by Crippen LogP contribution is -2.12. The second-order valence-corrected chi connectivity index (χ2v) is 5.89. The molecule has 112 valence electrons. The molecule has 4 nitrogen and oxygen atoms in total. The van der Waals surface area contributed by atoms with E-state index >= 15 is 0 Å². The van der Waals surface area contributed by atoms with Gasteiger partial charge in [0.25, 0.3) is 0 Å². The molecule has 1 aliphatic heterocycles. The largest absolute Gasteiger partial charge is 0.358 e. The molecular formula is C17H16ClN3O. The van der Waals surface area contributed by atoms with E-state index in [9.17, 15) is 0 Å². The summed E-state index contributed by atoms with van der Waals surface area (Å²) in [7, 11) is 0. The quantitative estimate of drug-likeness (QED) is 0.734. The van der Waals surface area contributed by atoms with E-state index in [1.165, 1.54) is 0 Å². The zero-order valence-electron chi connectivity index (χ0n) is 12.1. The van der Waals surface area contributed by atoms with E-state index in [2.05, 4.69) is 9.55 Å². The van der Waals surface area contributed by atoms with Gasteiger partial charge in [0, 0.05) is 24.2 Å². The summed E-state index contributed by atoms with van der Waals surface area (Å²) >= 11 is 6.30. The minimum Gasteiger partial charge on any atom is -0.358 e. The summed E-state index contributed by atoms with van der Waals surface area (Å²) < 4.78 is 7.99. The Morgan fingerprint density at radius 2 is 2.14 bits per heavy atom. The van der Waals surface area contributed by atoms with Crippen LogP contribution in [0, 0.1) is 0 Å². The first-order valence-corrected chi connectivity index (χ1v) is 7.87. The standard InChI is InChI=1S/C17H16ClN3O/c18-13-6-2-1-5-12(13)11-15-20-14-7-3-9-19-17(14)21(15)16-8-4-10-22-16/h1-3,5-7,9,16H,4,8,10-11H2. The van der Waals surface area contributed by atoms with Crippen LogP contribution in [0.4, 0.5) is 0 Å². The number of ether oxygens (including phenoxy) is 1. The van der Waals surface area contributed by atoms with Crippen LogP contribution in [0.25, 0.3) is 11.2 Å². The molecule has 0 saturated carbocycles. The Morgan fingerprint density at radius 3 is 2.95 bits per heavy atom. The molecular weight excluding hydrogens is 298 g/mol. The van der Waals surface area contributed by atoms with Crippen molar-refractivity contribution in [1.29, 1.82) is 0 Å². The monoisotopic (exact) mass is 313 g/mol. The molecule has 1 saturated heterocycles. The van der Waals surface area contributed by atoms with Crippen molar-refractivity contribution in [2.24, 2.45) is 0 Å². The van der Waals surface area contributed by atoms with Crippen LogP contribution < -0.4 is 0 Å². The van der Waals surface area contributed by atoms with E-state index in [-0.39, 0.29) is 6.23 Å². The normalized spacial score (nSPS) is 18.1. The Hall–Kier alpha value is -1.91. The second-order valence-electron chi connectivity index (χ2n) is 5.48. The highest BCUT2D eigenvalue weighted by molar-refractivity contribution is 6.31. The fourth-order valence-corrected chi connectivity index (χ4v) is 3.18. The predicted octanol–water partition coefficient (Wildman–Crippen LogP) is 3.98. The third-order valence-corrected chi connectivity index (χ3v) is 4.39. The van der Waals surface area contributed by atoms with E-state index in [1.807, 2.05) is 36.4 Å². The third-order valence-electron chi connectivity index (χ3n) is 4.02. The van der Waals surface area contributed by atoms with E-state index in [0.717, 1.165) is 47.0 Å². The van der Waals surface area contributed by atoms with Gasteiger partial charge in [0.1, 0.15) is 17.6 Å². The van der Waals surface area contributed by atoms with Gasteiger partial charge in [-0.2, -0.15) is 0 Å². The van der Waals surface area contributed by atoms with Crippen molar-refractivity contribution in [2.75, 3.05) is 6.61 Å². The summed E-state index contributed by atoms with van der Waals surface area (Å²) in [6.07, 6.45) is 4.57. The molecule has 1 fully saturated rings. The molecule has 0 N–H and O–H groups in total. The highest BCUT2D eigenvalue weighted by Crippen LogP contribution is 2.30. The Kier molecular flexibility index (Phi) is 3.56. The number of hydrogen-bond donors (Lipinski definition) is 0. The summed E-state index contributed by atoms with van der Waals surface area (Å²) in [5.74, 6) is 0.953. The zero-order chi connectivity index (χ0) is 14.9. The van der Waals surface area contributed by atoms with Gasteiger partial charge in [-0.25, -0.2) is 9.97 Å². The highest BCUT2D eigenvalue weighted by atomic mass is 35.5. The number of rotatable bonds is 3. The van der Waals surface area contributed by atoms with Crippen molar-refractivity contribution in [1.82, 2.24) is 14.5 Å². The molecule has 0 bridgehead atoms. The van der Waals surface area contributed by atoms with Crippen LogP contribution in [0.5, 0.6) is 0 Å². The lowest BCUT2D eigenvalue weighted by atomic mass is 10.1. The first-order valence-electron chi connectivity index (χ1n) is 7.50. The van der Waals surface area contributed by atoms with Crippen LogP contribution in [0.2, 0.25) is 5.02 Å². The van der Waals surface area contributed by atoms with Crippen molar-refractivity contribution >= 4 is 22.8 Å². The minimum atomic E-state index is 0.0254. The van der Waals surface area contributed by atoms with Crippen LogP contribution in [0.3, 0.4) is 0 Å². The molecule has 1 aromatic carbocycles. The van der Waals surface area contributed by atoms with Gasteiger partial charge in [0.2, 0.25) is 0 Å². The summed E-state index contributed by atoms with van der Waals surface area (Å²) in [4.78, 5) is 9.25. The van der Waals surface area contributed by atoms with Gasteiger partial charge in [-0.05, 0) is 36.6 Å². The number of pyridine rings is 1. The summed E-state index contributed by atoms with van der Waals surface area (Å²) in [5.41, 5.74) is 2.86. The number of fused-ring (bicyclic) bond motifs is 1. The Balaban J connectivity index is 1.82. The maximum absolute atomic E-state index is 6.30. The van der Waals surface area contributed by atoms with Gasteiger partial charge in [0.15, 0.2) is 5.65 Å². The van der Waals surface area contributed by atoms with Crippen molar-refractivity contribution < 1.29 is 4.74 Å². The lowest BCUT2D eigenvalue weighted by Gasteiger charge is -2.15. The number of imidazole rings is 1. The molecule has 0 aliphatic carbocycles. The lowest BCUT2D eigenvalue weighted by molar-refractivity contribution is 0.0573. The van der Waals surface area contributed by atoms with E-state index < -0.39 is 0 Å². The number of benzene rings is 1. The molecule has 0 radical (unpaired) electrons. The van der Waals surface area contributed by atoms with Crippen molar-refractivity contribution in [3.63, 3.8) is 0 Å². The van der Waals surface area contributed by atoms with Crippen LogP contribution in [0.15, 0.2) is 42.6 Å².